The number of rotatable bonds is 8. The maximum atomic E-state index is 12.2. The van der Waals surface area contributed by atoms with Crippen LogP contribution >= 0.6 is 0 Å². The Balaban J connectivity index is 1.30. The summed E-state index contributed by atoms with van der Waals surface area (Å²) < 4.78 is 10.7. The predicted octanol–water partition coefficient (Wildman–Crippen LogP) is 3.46. The lowest BCUT2D eigenvalue weighted by Gasteiger charge is -2.35. The van der Waals surface area contributed by atoms with Gasteiger partial charge in [-0.3, -0.25) is 4.99 Å². The van der Waals surface area contributed by atoms with Crippen molar-refractivity contribution in [2.45, 2.75) is 95.6 Å². The lowest BCUT2D eigenvalue weighted by Crippen LogP contribution is -2.49. The van der Waals surface area contributed by atoms with Crippen LogP contribution in [0.4, 0.5) is 4.79 Å². The first-order valence-corrected chi connectivity index (χ1v) is 14.1. The second-order valence-electron chi connectivity index (χ2n) is 11.9. The Morgan fingerprint density at radius 3 is 2.35 bits per heavy atom. The number of hydrogen-bond acceptors (Lipinski definition) is 9. The van der Waals surface area contributed by atoms with Gasteiger partial charge in [0, 0.05) is 30.7 Å². The summed E-state index contributed by atoms with van der Waals surface area (Å²) in [6.45, 7) is 6.41. The minimum atomic E-state index is -0.940. The maximum Gasteiger partial charge on any atom is 0.407 e. The minimum Gasteiger partial charge on any atom is -0.497 e. The topological polar surface area (TPSA) is 128 Å². The van der Waals surface area contributed by atoms with Gasteiger partial charge in [0.25, 0.3) is 0 Å². The molecule has 2 heterocycles. The molecule has 2 aliphatic heterocycles. The molecule has 2 aliphatic carbocycles. The summed E-state index contributed by atoms with van der Waals surface area (Å²) >= 11 is 0. The van der Waals surface area contributed by atoms with E-state index in [-0.39, 0.29) is 24.7 Å². The van der Waals surface area contributed by atoms with Gasteiger partial charge in [0.05, 0.1) is 19.4 Å². The van der Waals surface area contributed by atoms with Gasteiger partial charge >= 0.3 is 12.1 Å². The van der Waals surface area contributed by atoms with E-state index in [0.717, 1.165) is 55.5 Å². The van der Waals surface area contributed by atoms with Crippen LogP contribution in [0.5, 0.6) is 5.75 Å². The van der Waals surface area contributed by atoms with E-state index in [4.69, 9.17) is 14.6 Å². The normalized spacial score (nSPS) is 24.2. The Hall–Kier alpha value is -3.76. The highest BCUT2D eigenvalue weighted by Gasteiger charge is 2.42. The number of alkyl carbamates (subject to hydrolysis) is 1. The number of nitrogens with one attached hydrogen (secondary N) is 2. The predicted molar refractivity (Wildman–Crippen MR) is 151 cm³/mol. The SMILES string of the molecule is COc1ccc(CN(C2=CC(N[C@H]3CC[C@H](NC(=O)OC(C)(C)C)CC3)=NN3C2=NCC3C(=O)O)C2CC2)cc1. The van der Waals surface area contributed by atoms with Crippen molar-refractivity contribution in [1.29, 1.82) is 0 Å². The molecule has 40 heavy (non-hydrogen) atoms. The number of aliphatic imine (C=N–C) groups is 1. The van der Waals surface area contributed by atoms with Gasteiger partial charge < -0.3 is 30.1 Å². The summed E-state index contributed by atoms with van der Waals surface area (Å²) in [5, 5.41) is 22.7. The maximum absolute atomic E-state index is 12.2. The van der Waals surface area contributed by atoms with Gasteiger partial charge in [-0.25, -0.2) is 14.6 Å². The first kappa shape index (κ1) is 27.8. The van der Waals surface area contributed by atoms with Crippen molar-refractivity contribution in [3.63, 3.8) is 0 Å². The number of aliphatic carboxylic acids is 1. The highest BCUT2D eigenvalue weighted by atomic mass is 16.6. The monoisotopic (exact) mass is 552 g/mol. The van der Waals surface area contributed by atoms with E-state index >= 15 is 0 Å². The molecule has 4 aliphatic rings. The molecule has 0 radical (unpaired) electrons. The highest BCUT2D eigenvalue weighted by Crippen LogP contribution is 2.35. The number of hydrogen-bond donors (Lipinski definition) is 3. The number of carboxylic acids is 1. The first-order chi connectivity index (χ1) is 19.1. The molecule has 3 N–H and O–H groups in total. The van der Waals surface area contributed by atoms with Gasteiger partial charge in [-0.15, -0.1) is 0 Å². The number of carbonyl (C=O) groups is 2. The molecule has 2 saturated carbocycles. The fourth-order valence-corrected chi connectivity index (χ4v) is 5.38. The van der Waals surface area contributed by atoms with E-state index in [0.29, 0.717) is 24.3 Å². The second-order valence-corrected chi connectivity index (χ2v) is 11.9. The minimum absolute atomic E-state index is 0.0656. The van der Waals surface area contributed by atoms with Crippen molar-refractivity contribution in [3.8, 4) is 5.75 Å². The average molecular weight is 553 g/mol. The first-order valence-electron chi connectivity index (χ1n) is 14.1. The number of methoxy groups -OCH3 is 1. The van der Waals surface area contributed by atoms with E-state index in [1.54, 1.807) is 12.1 Å². The summed E-state index contributed by atoms with van der Waals surface area (Å²) in [5.74, 6) is 1.13. The van der Waals surface area contributed by atoms with Crippen LogP contribution in [0.25, 0.3) is 0 Å². The quantitative estimate of drug-likeness (QED) is 0.447. The van der Waals surface area contributed by atoms with Crippen molar-refractivity contribution in [3.05, 3.63) is 41.6 Å². The van der Waals surface area contributed by atoms with Gasteiger partial charge in [0.1, 0.15) is 17.2 Å². The molecule has 216 valence electrons. The van der Waals surface area contributed by atoms with Crippen LogP contribution in [0, 0.1) is 0 Å². The zero-order valence-corrected chi connectivity index (χ0v) is 23.7. The molecule has 0 spiro atoms. The van der Waals surface area contributed by atoms with Crippen LogP contribution in [0.3, 0.4) is 0 Å². The second kappa shape index (κ2) is 11.4. The van der Waals surface area contributed by atoms with Gasteiger partial charge in [-0.05, 0) is 77.0 Å². The van der Waals surface area contributed by atoms with E-state index < -0.39 is 17.6 Å². The lowest BCUT2D eigenvalue weighted by atomic mass is 9.91. The van der Waals surface area contributed by atoms with Crippen LogP contribution in [0.2, 0.25) is 0 Å². The molecular formula is C29H40N6O5. The van der Waals surface area contributed by atoms with Crippen LogP contribution in [0.15, 0.2) is 46.1 Å². The van der Waals surface area contributed by atoms with Crippen molar-refractivity contribution < 1.29 is 24.2 Å². The number of ether oxygens (including phenoxy) is 2. The number of nitrogens with zero attached hydrogens (tertiary/aromatic N) is 4. The zero-order chi connectivity index (χ0) is 28.4. The van der Waals surface area contributed by atoms with Gasteiger partial charge in [0.2, 0.25) is 0 Å². The Morgan fingerprint density at radius 1 is 1.07 bits per heavy atom. The number of carbonyl (C=O) groups excluding carboxylic acids is 1. The summed E-state index contributed by atoms with van der Waals surface area (Å²) in [4.78, 5) is 31.2. The average Bonchev–Trinajstić information content (AvgIpc) is 3.65. The lowest BCUT2D eigenvalue weighted by molar-refractivity contribution is -0.141. The third-order valence-electron chi connectivity index (χ3n) is 7.54. The van der Waals surface area contributed by atoms with Crippen LogP contribution in [-0.2, 0) is 16.1 Å². The molecule has 1 atom stereocenters. The van der Waals surface area contributed by atoms with E-state index in [2.05, 4.69) is 32.7 Å². The molecule has 0 saturated heterocycles. The molecule has 1 aromatic carbocycles. The smallest absolute Gasteiger partial charge is 0.407 e. The molecular weight excluding hydrogens is 512 g/mol. The fourth-order valence-electron chi connectivity index (χ4n) is 5.38. The van der Waals surface area contributed by atoms with E-state index in [1.165, 1.54) is 0 Å². The number of benzene rings is 1. The Labute approximate surface area is 235 Å². The molecule has 1 amide bonds. The Morgan fingerprint density at radius 2 is 1.75 bits per heavy atom. The van der Waals surface area contributed by atoms with Gasteiger partial charge in [-0.1, -0.05) is 12.1 Å². The summed E-state index contributed by atoms with van der Waals surface area (Å²) in [6, 6.07) is 7.80. The largest absolute Gasteiger partial charge is 0.497 e. The molecule has 2 fully saturated rings. The molecule has 0 bridgehead atoms. The van der Waals surface area contributed by atoms with E-state index in [1.807, 2.05) is 39.0 Å². The summed E-state index contributed by atoms with van der Waals surface area (Å²) in [5.41, 5.74) is 1.51. The number of carboxylic acid groups (broad SMARTS) is 1. The number of fused-ring (bicyclic) bond motifs is 1. The van der Waals surface area contributed by atoms with Crippen molar-refractivity contribution in [2.75, 3.05) is 13.7 Å². The summed E-state index contributed by atoms with van der Waals surface area (Å²) in [7, 11) is 1.65. The standard InChI is InChI=1S/C29H40N6O5/c1-29(2,3)40-28(38)32-20-9-7-19(8-10-20)31-25-15-23(26-30-16-24(27(36)37)35(26)33-25)34(21-11-12-21)17-18-5-13-22(39-4)14-6-18/h5-6,13-15,19-21,24H,7-12,16-17H2,1-4H3,(H,31,33)(H,32,38)(H,36,37)/t19-,20-,24?. The van der Waals surface area contributed by atoms with Crippen LogP contribution in [0.1, 0.15) is 64.9 Å². The summed E-state index contributed by atoms with van der Waals surface area (Å²) in [6.07, 6.45) is 7.14. The molecule has 11 heteroatoms. The molecule has 11 nitrogen and oxygen atoms in total. The Kier molecular flexibility index (Phi) is 7.91. The van der Waals surface area contributed by atoms with Crippen LogP contribution in [-0.4, -0.2) is 82.2 Å². The number of hydrazone groups is 1. The van der Waals surface area contributed by atoms with Gasteiger partial charge in [-0.2, -0.15) is 5.10 Å². The number of amidine groups is 2. The van der Waals surface area contributed by atoms with Crippen molar-refractivity contribution in [2.24, 2.45) is 10.1 Å². The molecule has 0 aromatic heterocycles. The third kappa shape index (κ3) is 6.68. The van der Waals surface area contributed by atoms with Crippen molar-refractivity contribution >= 4 is 23.7 Å². The molecule has 1 aromatic rings. The zero-order valence-electron chi connectivity index (χ0n) is 23.7. The Bertz CT molecular complexity index is 1190. The highest BCUT2D eigenvalue weighted by molar-refractivity contribution is 6.10. The number of amides is 1. The van der Waals surface area contributed by atoms with Gasteiger partial charge in [0.15, 0.2) is 11.9 Å². The molecule has 5 rings (SSSR count). The third-order valence-corrected chi connectivity index (χ3v) is 7.54. The van der Waals surface area contributed by atoms with E-state index in [9.17, 15) is 14.7 Å². The van der Waals surface area contributed by atoms with Crippen LogP contribution < -0.4 is 15.4 Å². The molecule has 1 unspecified atom stereocenters. The fraction of sp³-hybridized carbons (Fsp3) is 0.586. The van der Waals surface area contributed by atoms with Crippen molar-refractivity contribution in [1.82, 2.24) is 20.5 Å².